The highest BCUT2D eigenvalue weighted by Gasteiger charge is 2.16. The Balaban J connectivity index is 2.15. The fourth-order valence-electron chi connectivity index (χ4n) is 3.06. The van der Waals surface area contributed by atoms with Crippen LogP contribution in [0.3, 0.4) is 0 Å². The second-order valence-corrected chi connectivity index (χ2v) is 6.84. The van der Waals surface area contributed by atoms with E-state index in [0.29, 0.717) is 0 Å². The van der Waals surface area contributed by atoms with Gasteiger partial charge in [-0.25, -0.2) is 4.68 Å². The number of nitrogens with one attached hydrogen (secondary N) is 1. The average molecular weight is 334 g/mol. The number of hydrogen-bond acceptors (Lipinski definition) is 1. The number of rotatable bonds is 5. The van der Waals surface area contributed by atoms with Crippen LogP contribution in [-0.2, 0) is 6.42 Å². The number of unbranched alkanes of at least 4 members (excludes halogenated alkanes) is 1. The summed E-state index contributed by atoms with van der Waals surface area (Å²) >= 11 is 0. The van der Waals surface area contributed by atoms with E-state index in [-0.39, 0.29) is 5.56 Å². The van der Waals surface area contributed by atoms with Crippen LogP contribution in [-0.4, -0.2) is 9.78 Å². The van der Waals surface area contributed by atoms with Crippen LogP contribution in [0.1, 0.15) is 42.0 Å². The zero-order chi connectivity index (χ0) is 18.0. The smallest absolute Gasteiger partial charge is 0.275 e. The number of aromatic nitrogens is 2. The van der Waals surface area contributed by atoms with E-state index >= 15 is 0 Å². The molecule has 25 heavy (non-hydrogen) atoms. The zero-order valence-electron chi connectivity index (χ0n) is 15.5. The first-order chi connectivity index (χ1) is 12.0. The molecule has 0 amide bonds. The Hall–Kier alpha value is -2.55. The van der Waals surface area contributed by atoms with E-state index in [4.69, 9.17) is 0 Å². The van der Waals surface area contributed by atoms with Crippen LogP contribution in [0.4, 0.5) is 0 Å². The quantitative estimate of drug-likeness (QED) is 0.692. The Bertz CT molecular complexity index is 930. The first kappa shape index (κ1) is 17.3. The first-order valence-corrected chi connectivity index (χ1v) is 9.00. The average Bonchev–Trinajstić information content (AvgIpc) is 2.93. The summed E-state index contributed by atoms with van der Waals surface area (Å²) in [5, 5.41) is 3.36. The van der Waals surface area contributed by atoms with Gasteiger partial charge < -0.3 is 0 Å². The minimum atomic E-state index is 0.0623. The third-order valence-corrected chi connectivity index (χ3v) is 4.86. The molecular formula is C22H26N2O. The molecule has 0 aliphatic rings. The Morgan fingerprint density at radius 1 is 0.960 bits per heavy atom. The van der Waals surface area contributed by atoms with Gasteiger partial charge in [0.2, 0.25) is 0 Å². The lowest BCUT2D eigenvalue weighted by atomic mass is 10.0. The molecule has 2 aromatic carbocycles. The van der Waals surface area contributed by atoms with Crippen molar-refractivity contribution in [1.29, 1.82) is 0 Å². The summed E-state index contributed by atoms with van der Waals surface area (Å²) in [6.45, 7) is 8.39. The fraction of sp³-hybridized carbons (Fsp3) is 0.318. The molecule has 1 N–H and O–H groups in total. The Morgan fingerprint density at radius 3 is 2.32 bits per heavy atom. The lowest BCUT2D eigenvalue weighted by Gasteiger charge is -2.06. The highest BCUT2D eigenvalue weighted by atomic mass is 16.1. The number of hydrogen-bond donors (Lipinski definition) is 1. The summed E-state index contributed by atoms with van der Waals surface area (Å²) in [4.78, 5) is 13.1. The number of aromatic amines is 1. The molecule has 130 valence electrons. The van der Waals surface area contributed by atoms with Crippen LogP contribution in [0, 0.1) is 20.8 Å². The molecule has 0 saturated carbocycles. The summed E-state index contributed by atoms with van der Waals surface area (Å²) in [5.74, 6) is 0. The van der Waals surface area contributed by atoms with Crippen LogP contribution in [0.25, 0.3) is 16.9 Å². The SMILES string of the molecule is CCCCc1c(-c2ccc(C)cc2)[nH]n(-c2ccc(C)c(C)c2)c1=O. The maximum absolute atomic E-state index is 13.1. The largest absolute Gasteiger partial charge is 0.290 e. The van der Waals surface area contributed by atoms with Gasteiger partial charge in [0.1, 0.15) is 0 Å². The number of benzene rings is 2. The van der Waals surface area contributed by atoms with Gasteiger partial charge >= 0.3 is 0 Å². The van der Waals surface area contributed by atoms with Crippen LogP contribution in [0.15, 0.2) is 47.3 Å². The zero-order valence-corrected chi connectivity index (χ0v) is 15.5. The normalized spacial score (nSPS) is 11.0. The third-order valence-electron chi connectivity index (χ3n) is 4.86. The highest BCUT2D eigenvalue weighted by molar-refractivity contribution is 5.63. The predicted molar refractivity (Wildman–Crippen MR) is 105 cm³/mol. The van der Waals surface area contributed by atoms with Gasteiger partial charge in [-0.2, -0.15) is 0 Å². The van der Waals surface area contributed by atoms with Crippen LogP contribution in [0.5, 0.6) is 0 Å². The molecule has 1 heterocycles. The van der Waals surface area contributed by atoms with Gasteiger partial charge in [0.25, 0.3) is 5.56 Å². The number of nitrogens with zero attached hydrogens (tertiary/aromatic N) is 1. The van der Waals surface area contributed by atoms with Gasteiger partial charge in [0.05, 0.1) is 11.4 Å². The molecule has 0 atom stereocenters. The molecule has 0 spiro atoms. The van der Waals surface area contributed by atoms with E-state index in [1.165, 1.54) is 16.7 Å². The van der Waals surface area contributed by atoms with Gasteiger partial charge in [0.15, 0.2) is 0 Å². The summed E-state index contributed by atoms with van der Waals surface area (Å²) in [6.07, 6.45) is 2.88. The molecule has 3 aromatic rings. The Morgan fingerprint density at radius 2 is 1.68 bits per heavy atom. The minimum absolute atomic E-state index is 0.0623. The molecule has 0 saturated heterocycles. The molecule has 0 unspecified atom stereocenters. The second kappa shape index (κ2) is 7.14. The topological polar surface area (TPSA) is 37.8 Å². The third kappa shape index (κ3) is 3.46. The molecule has 0 radical (unpaired) electrons. The molecule has 0 fully saturated rings. The van der Waals surface area contributed by atoms with Crippen molar-refractivity contribution in [3.8, 4) is 16.9 Å². The molecule has 0 aliphatic carbocycles. The van der Waals surface area contributed by atoms with E-state index < -0.39 is 0 Å². The van der Waals surface area contributed by atoms with E-state index in [2.05, 4.69) is 69.2 Å². The van der Waals surface area contributed by atoms with Crippen molar-refractivity contribution in [3.63, 3.8) is 0 Å². The van der Waals surface area contributed by atoms with Crippen LogP contribution < -0.4 is 5.56 Å². The van der Waals surface area contributed by atoms with Gasteiger partial charge in [-0.1, -0.05) is 49.2 Å². The van der Waals surface area contributed by atoms with Gasteiger partial charge in [-0.05, 0) is 62.4 Å². The Labute approximate surface area is 149 Å². The summed E-state index contributed by atoms with van der Waals surface area (Å²) in [7, 11) is 0. The monoisotopic (exact) mass is 334 g/mol. The van der Waals surface area contributed by atoms with Gasteiger partial charge in [-0.15, -0.1) is 0 Å². The first-order valence-electron chi connectivity index (χ1n) is 9.00. The molecule has 1 aromatic heterocycles. The molecule has 3 nitrogen and oxygen atoms in total. The second-order valence-electron chi connectivity index (χ2n) is 6.84. The molecule has 0 aliphatic heterocycles. The number of H-pyrrole nitrogens is 1. The fourth-order valence-corrected chi connectivity index (χ4v) is 3.06. The van der Waals surface area contributed by atoms with Crippen molar-refractivity contribution in [2.75, 3.05) is 0 Å². The Kier molecular flexibility index (Phi) is 4.93. The predicted octanol–water partition coefficient (Wildman–Crippen LogP) is 5.10. The molecule has 3 heteroatoms. The van der Waals surface area contributed by atoms with Crippen molar-refractivity contribution < 1.29 is 0 Å². The van der Waals surface area contributed by atoms with E-state index in [9.17, 15) is 4.79 Å². The van der Waals surface area contributed by atoms with E-state index in [0.717, 1.165) is 41.8 Å². The van der Waals surface area contributed by atoms with Crippen molar-refractivity contribution in [3.05, 3.63) is 75.1 Å². The molecule has 0 bridgehead atoms. The van der Waals surface area contributed by atoms with Crippen LogP contribution >= 0.6 is 0 Å². The van der Waals surface area contributed by atoms with E-state index in [1.54, 1.807) is 4.68 Å². The lowest BCUT2D eigenvalue weighted by Crippen LogP contribution is -2.17. The van der Waals surface area contributed by atoms with E-state index in [1.807, 2.05) is 6.07 Å². The standard InChI is InChI=1S/C22H26N2O/c1-5-6-7-20-21(18-11-8-15(2)9-12-18)23-24(22(20)25)19-13-10-16(3)17(4)14-19/h8-14,23H,5-7H2,1-4H3. The van der Waals surface area contributed by atoms with Gasteiger partial charge in [0, 0.05) is 5.56 Å². The molecule has 3 rings (SSSR count). The van der Waals surface area contributed by atoms with Gasteiger partial charge in [-0.3, -0.25) is 9.89 Å². The maximum atomic E-state index is 13.1. The summed E-state index contributed by atoms with van der Waals surface area (Å²) < 4.78 is 1.69. The van der Waals surface area contributed by atoms with Crippen molar-refractivity contribution in [1.82, 2.24) is 9.78 Å². The maximum Gasteiger partial charge on any atom is 0.275 e. The number of aryl methyl sites for hydroxylation is 3. The van der Waals surface area contributed by atoms with Crippen molar-refractivity contribution in [2.45, 2.75) is 47.0 Å². The minimum Gasteiger partial charge on any atom is -0.290 e. The van der Waals surface area contributed by atoms with Crippen molar-refractivity contribution in [2.24, 2.45) is 0 Å². The molecular weight excluding hydrogens is 308 g/mol. The summed E-state index contributed by atoms with van der Waals surface area (Å²) in [6, 6.07) is 14.5. The van der Waals surface area contributed by atoms with Crippen LogP contribution in [0.2, 0.25) is 0 Å². The van der Waals surface area contributed by atoms with Crippen molar-refractivity contribution >= 4 is 0 Å². The summed E-state index contributed by atoms with van der Waals surface area (Å²) in [5.41, 5.74) is 7.47. The lowest BCUT2D eigenvalue weighted by molar-refractivity contribution is 0.786. The highest BCUT2D eigenvalue weighted by Crippen LogP contribution is 2.23.